The summed E-state index contributed by atoms with van der Waals surface area (Å²) in [7, 11) is 1.75. The Hall–Kier alpha value is -0.420. The normalized spacial score (nSPS) is 12.9. The molecule has 1 rings (SSSR count). The van der Waals surface area contributed by atoms with Crippen molar-refractivity contribution in [2.24, 2.45) is 0 Å². The Balaban J connectivity index is 2.41. The molecule has 0 bridgehead atoms. The minimum atomic E-state index is -0.106. The first kappa shape index (κ1) is 18.6. The van der Waals surface area contributed by atoms with Crippen molar-refractivity contribution in [2.75, 3.05) is 13.7 Å². The number of rotatable bonds is 8. The van der Waals surface area contributed by atoms with E-state index in [1.54, 1.807) is 7.11 Å². The third-order valence-corrected chi connectivity index (χ3v) is 4.62. The summed E-state index contributed by atoms with van der Waals surface area (Å²) in [5, 5.41) is 3.53. The van der Waals surface area contributed by atoms with Crippen LogP contribution in [-0.2, 0) is 22.6 Å². The topological polar surface area (TPSA) is 30.5 Å². The van der Waals surface area contributed by atoms with E-state index in [1.807, 2.05) is 11.3 Å². The van der Waals surface area contributed by atoms with Gasteiger partial charge in [-0.1, -0.05) is 0 Å². The maximum Gasteiger partial charge on any atom is 0.0727 e. The molecule has 1 heterocycles. The number of thiophene rings is 1. The Morgan fingerprint density at radius 2 is 1.86 bits per heavy atom. The molecule has 0 aromatic carbocycles. The Morgan fingerprint density at radius 3 is 2.43 bits per heavy atom. The highest BCUT2D eigenvalue weighted by atomic mass is 32.1. The van der Waals surface area contributed by atoms with Gasteiger partial charge in [-0.05, 0) is 59.6 Å². The molecule has 0 aliphatic heterocycles. The lowest BCUT2D eigenvalue weighted by Crippen LogP contribution is -2.34. The second-order valence-electron chi connectivity index (χ2n) is 7.16. The molecule has 122 valence electrons. The lowest BCUT2D eigenvalue weighted by molar-refractivity contribution is -0.0124. The van der Waals surface area contributed by atoms with Crippen LogP contribution in [0, 0.1) is 6.92 Å². The zero-order valence-electron chi connectivity index (χ0n) is 14.6. The van der Waals surface area contributed by atoms with Crippen LogP contribution in [0.3, 0.4) is 0 Å². The fourth-order valence-electron chi connectivity index (χ4n) is 1.77. The highest BCUT2D eigenvalue weighted by Gasteiger charge is 2.16. The van der Waals surface area contributed by atoms with Gasteiger partial charge in [0.25, 0.3) is 0 Å². The van der Waals surface area contributed by atoms with Crippen molar-refractivity contribution < 1.29 is 9.47 Å². The summed E-state index contributed by atoms with van der Waals surface area (Å²) in [6, 6.07) is 2.26. The second-order valence-corrected chi connectivity index (χ2v) is 8.50. The Bertz CT molecular complexity index is 432. The van der Waals surface area contributed by atoms with Crippen LogP contribution in [0.25, 0.3) is 0 Å². The number of ether oxygens (including phenoxy) is 2. The van der Waals surface area contributed by atoms with E-state index < -0.39 is 0 Å². The molecule has 0 aliphatic carbocycles. The molecule has 0 aliphatic rings. The minimum Gasteiger partial charge on any atom is -0.379 e. The van der Waals surface area contributed by atoms with Gasteiger partial charge in [-0.3, -0.25) is 0 Å². The lowest BCUT2D eigenvalue weighted by Gasteiger charge is -2.22. The van der Waals surface area contributed by atoms with Crippen LogP contribution in [0.15, 0.2) is 6.07 Å². The van der Waals surface area contributed by atoms with Gasteiger partial charge in [-0.2, -0.15) is 0 Å². The van der Waals surface area contributed by atoms with Crippen molar-refractivity contribution in [1.29, 1.82) is 0 Å². The van der Waals surface area contributed by atoms with Crippen LogP contribution in [0.2, 0.25) is 0 Å². The first-order chi connectivity index (χ1) is 9.63. The molecular formula is C17H31NO2S. The van der Waals surface area contributed by atoms with E-state index in [0.29, 0.717) is 6.61 Å². The number of nitrogens with one attached hydrogen (secondary N) is 1. The van der Waals surface area contributed by atoms with Crippen molar-refractivity contribution in [3.8, 4) is 0 Å². The molecule has 1 aromatic rings. The Labute approximate surface area is 134 Å². The predicted octanol–water partition coefficient (Wildman–Crippen LogP) is 4.28. The van der Waals surface area contributed by atoms with E-state index in [2.05, 4.69) is 52.9 Å². The van der Waals surface area contributed by atoms with Gasteiger partial charge in [0.1, 0.15) is 0 Å². The average molecular weight is 314 g/mol. The van der Waals surface area contributed by atoms with Gasteiger partial charge in [-0.25, -0.2) is 0 Å². The van der Waals surface area contributed by atoms with Gasteiger partial charge < -0.3 is 14.8 Å². The van der Waals surface area contributed by atoms with Crippen molar-refractivity contribution in [3.63, 3.8) is 0 Å². The smallest absolute Gasteiger partial charge is 0.0727 e. The first-order valence-electron chi connectivity index (χ1n) is 7.59. The van der Waals surface area contributed by atoms with Crippen LogP contribution in [0.4, 0.5) is 0 Å². The maximum absolute atomic E-state index is 5.80. The average Bonchev–Trinajstić information content (AvgIpc) is 2.72. The summed E-state index contributed by atoms with van der Waals surface area (Å²) in [5.74, 6) is 0. The third kappa shape index (κ3) is 7.41. The SMILES string of the molecule is COC(C)(C)CCOCc1cc(CNC(C)(C)C)sc1C. The van der Waals surface area contributed by atoms with E-state index in [1.165, 1.54) is 15.3 Å². The number of methoxy groups -OCH3 is 1. The molecule has 0 spiro atoms. The molecule has 3 nitrogen and oxygen atoms in total. The fourth-order valence-corrected chi connectivity index (χ4v) is 2.76. The first-order valence-corrected chi connectivity index (χ1v) is 8.41. The van der Waals surface area contributed by atoms with Crippen LogP contribution in [-0.4, -0.2) is 24.9 Å². The van der Waals surface area contributed by atoms with E-state index in [4.69, 9.17) is 9.47 Å². The largest absolute Gasteiger partial charge is 0.379 e. The zero-order chi connectivity index (χ0) is 16.1. The van der Waals surface area contributed by atoms with Gasteiger partial charge >= 0.3 is 0 Å². The standard InChI is InChI=1S/C17H31NO2S/c1-13-14(12-20-9-8-17(5,6)19-7)10-15(21-13)11-18-16(2,3)4/h10,18H,8-9,11-12H2,1-7H3. The summed E-state index contributed by atoms with van der Waals surface area (Å²) in [5.41, 5.74) is 1.35. The molecule has 0 atom stereocenters. The molecule has 1 aromatic heterocycles. The number of hydrogen-bond acceptors (Lipinski definition) is 4. The van der Waals surface area contributed by atoms with Gasteiger partial charge in [0.2, 0.25) is 0 Å². The highest BCUT2D eigenvalue weighted by molar-refractivity contribution is 7.12. The van der Waals surface area contributed by atoms with Crippen LogP contribution in [0.5, 0.6) is 0 Å². The monoisotopic (exact) mass is 313 g/mol. The summed E-state index contributed by atoms with van der Waals surface area (Å²) >= 11 is 1.86. The van der Waals surface area contributed by atoms with E-state index in [9.17, 15) is 0 Å². The van der Waals surface area contributed by atoms with Crippen LogP contribution in [0.1, 0.15) is 56.4 Å². The summed E-state index contributed by atoms with van der Waals surface area (Å²) < 4.78 is 11.2. The second kappa shape index (κ2) is 7.73. The van der Waals surface area contributed by atoms with Gasteiger partial charge in [-0.15, -0.1) is 11.3 Å². The Kier molecular flexibility index (Phi) is 6.85. The van der Waals surface area contributed by atoms with E-state index >= 15 is 0 Å². The molecule has 21 heavy (non-hydrogen) atoms. The van der Waals surface area contributed by atoms with Crippen LogP contribution < -0.4 is 5.32 Å². The predicted molar refractivity (Wildman–Crippen MR) is 91.0 cm³/mol. The van der Waals surface area contributed by atoms with Crippen LogP contribution >= 0.6 is 11.3 Å². The summed E-state index contributed by atoms with van der Waals surface area (Å²) in [6.07, 6.45) is 0.908. The highest BCUT2D eigenvalue weighted by Crippen LogP contribution is 2.23. The molecule has 4 heteroatoms. The van der Waals surface area contributed by atoms with Crippen molar-refractivity contribution >= 4 is 11.3 Å². The molecule has 1 N–H and O–H groups in total. The molecule has 0 fully saturated rings. The maximum atomic E-state index is 5.80. The van der Waals surface area contributed by atoms with Gasteiger partial charge in [0, 0.05) is 35.6 Å². The Morgan fingerprint density at radius 1 is 1.19 bits per heavy atom. The van der Waals surface area contributed by atoms with E-state index in [-0.39, 0.29) is 11.1 Å². The molecule has 0 amide bonds. The zero-order valence-corrected chi connectivity index (χ0v) is 15.4. The molecule has 0 radical (unpaired) electrons. The minimum absolute atomic E-state index is 0.106. The summed E-state index contributed by atoms with van der Waals surface area (Å²) in [6.45, 7) is 15.3. The third-order valence-electron chi connectivity index (χ3n) is 3.52. The number of aryl methyl sites for hydroxylation is 1. The van der Waals surface area contributed by atoms with Crippen molar-refractivity contribution in [3.05, 3.63) is 21.4 Å². The summed E-state index contributed by atoms with van der Waals surface area (Å²) in [4.78, 5) is 2.73. The number of hydrogen-bond donors (Lipinski definition) is 1. The van der Waals surface area contributed by atoms with Crippen molar-refractivity contribution in [2.45, 2.75) is 72.3 Å². The molecule has 0 saturated heterocycles. The quantitative estimate of drug-likeness (QED) is 0.727. The molecule has 0 unspecified atom stereocenters. The van der Waals surface area contributed by atoms with E-state index in [0.717, 1.165) is 19.6 Å². The van der Waals surface area contributed by atoms with Gasteiger partial charge in [0.05, 0.1) is 12.2 Å². The lowest BCUT2D eigenvalue weighted by atomic mass is 10.1. The molecular weight excluding hydrogens is 282 g/mol. The fraction of sp³-hybridized carbons (Fsp3) is 0.765. The van der Waals surface area contributed by atoms with Crippen molar-refractivity contribution in [1.82, 2.24) is 5.32 Å². The molecule has 0 saturated carbocycles. The van der Waals surface area contributed by atoms with Gasteiger partial charge in [0.15, 0.2) is 0 Å².